The summed E-state index contributed by atoms with van der Waals surface area (Å²) in [7, 11) is 0. The molecule has 0 atom stereocenters. The van der Waals surface area contributed by atoms with E-state index in [-0.39, 0.29) is 32.7 Å². The van der Waals surface area contributed by atoms with Gasteiger partial charge in [-0.15, -0.1) is 4.48 Å². The number of aliphatic imine (C=N–C) groups is 1. The van der Waals surface area contributed by atoms with Crippen molar-refractivity contribution in [1.82, 2.24) is 0 Å². The van der Waals surface area contributed by atoms with Crippen molar-refractivity contribution in [2.24, 2.45) is 4.99 Å². The first-order chi connectivity index (χ1) is 8.19. The van der Waals surface area contributed by atoms with Gasteiger partial charge in [0.25, 0.3) is 0 Å². The summed E-state index contributed by atoms with van der Waals surface area (Å²) in [6, 6.07) is 7.18. The second-order valence-corrected chi connectivity index (χ2v) is 4.30. The van der Waals surface area contributed by atoms with Gasteiger partial charge in [0.2, 0.25) is 0 Å². The smallest absolute Gasteiger partial charge is 0.877 e. The molecule has 0 saturated heterocycles. The molecule has 0 radical (unpaired) electrons. The quantitative estimate of drug-likeness (QED) is 0.515. The molecule has 0 aliphatic carbocycles. The second-order valence-electron chi connectivity index (χ2n) is 2.82. The van der Waals surface area contributed by atoms with Gasteiger partial charge in [-0.25, -0.2) is 11.6 Å². The van der Waals surface area contributed by atoms with Crippen LogP contribution in [0.5, 0.6) is 0 Å². The fourth-order valence-corrected chi connectivity index (χ4v) is 1.46. The Hall–Kier alpha value is 0.204. The number of nitrogens with zero attached hydrogens (tertiary/aromatic N) is 2. The predicted octanol–water partition coefficient (Wildman–Crippen LogP) is 4.36. The number of rotatable bonds is 4. The van der Waals surface area contributed by atoms with Crippen LogP contribution in [-0.2, 0) is 32.7 Å². The van der Waals surface area contributed by atoms with Crippen molar-refractivity contribution in [3.63, 3.8) is 0 Å². The number of hydrogen-bond acceptors (Lipinski definition) is 1. The summed E-state index contributed by atoms with van der Waals surface area (Å²) in [5.74, 6) is 0. The molecule has 18 heavy (non-hydrogen) atoms. The summed E-state index contributed by atoms with van der Waals surface area (Å²) >= 11 is 14.5. The van der Waals surface area contributed by atoms with E-state index in [1.165, 1.54) is 6.08 Å². The maximum Gasteiger partial charge on any atom is 3.00 e. The van der Waals surface area contributed by atoms with Crippen molar-refractivity contribution in [1.29, 1.82) is 0 Å². The first kappa shape index (κ1) is 18.2. The number of halogens is 3. The zero-order valence-electron chi connectivity index (χ0n) is 9.07. The van der Waals surface area contributed by atoms with E-state index in [1.807, 2.05) is 12.1 Å². The molecular weight excluding hydrogens is 412 g/mol. The zero-order chi connectivity index (χ0) is 12.7. The van der Waals surface area contributed by atoms with Crippen LogP contribution >= 0.6 is 39.1 Å². The predicted molar refractivity (Wildman–Crippen MR) is 76.8 cm³/mol. The normalized spacial score (nSPS) is 12.4. The van der Waals surface area contributed by atoms with Crippen molar-refractivity contribution in [2.45, 2.75) is 0 Å². The molecule has 0 aromatic heterocycles. The summed E-state index contributed by atoms with van der Waals surface area (Å²) in [5.41, 5.74) is 3.55. The average molecular weight is 418 g/mol. The molecule has 0 unspecified atom stereocenters. The van der Waals surface area contributed by atoms with Crippen LogP contribution in [0.1, 0.15) is 5.56 Å². The fourth-order valence-electron chi connectivity index (χ4n) is 1.03. The molecular formula is C12H6BrCl2N2Y. The van der Waals surface area contributed by atoms with Crippen molar-refractivity contribution in [3.8, 4) is 0 Å². The maximum atomic E-state index is 8.68. The van der Waals surface area contributed by atoms with Crippen LogP contribution in [0.25, 0.3) is 5.41 Å². The molecule has 1 aromatic carbocycles. The molecule has 0 saturated carbocycles. The molecule has 0 amide bonds. The Balaban J connectivity index is 0.00000289. The van der Waals surface area contributed by atoms with Crippen LogP contribution in [0.2, 0.25) is 5.02 Å². The molecule has 0 aliphatic rings. The van der Waals surface area contributed by atoms with E-state index in [2.05, 4.69) is 32.7 Å². The van der Waals surface area contributed by atoms with E-state index in [1.54, 1.807) is 12.1 Å². The van der Waals surface area contributed by atoms with Crippen molar-refractivity contribution >= 4 is 51.1 Å². The SMILES string of the molecule is [N-]=CC(Br)=[C-]N=C(C=[C-]Cl)c1ccccc1Cl.[Y+3]. The van der Waals surface area contributed by atoms with E-state index in [0.29, 0.717) is 20.8 Å². The van der Waals surface area contributed by atoms with Crippen molar-refractivity contribution in [3.05, 3.63) is 62.6 Å². The Kier molecular flexibility index (Phi) is 10.2. The summed E-state index contributed by atoms with van der Waals surface area (Å²) in [6.07, 6.45) is 4.87. The third kappa shape index (κ3) is 5.90. The van der Waals surface area contributed by atoms with Crippen LogP contribution in [0, 0.1) is 11.7 Å². The number of benzene rings is 1. The summed E-state index contributed by atoms with van der Waals surface area (Å²) in [5, 5.41) is 9.23. The molecule has 6 heteroatoms. The second kappa shape index (κ2) is 10.0. The summed E-state index contributed by atoms with van der Waals surface area (Å²) in [4.78, 5) is 4.02. The fraction of sp³-hybridized carbons (Fsp3) is 0. The van der Waals surface area contributed by atoms with Gasteiger partial charge in [0.1, 0.15) is 0 Å². The molecule has 0 heterocycles. The molecule has 1 aromatic rings. The first-order valence-corrected chi connectivity index (χ1v) is 6.01. The Bertz CT molecular complexity index is 499. The molecule has 1 rings (SSSR count). The van der Waals surface area contributed by atoms with E-state index < -0.39 is 0 Å². The Morgan fingerprint density at radius 2 is 2.06 bits per heavy atom. The van der Waals surface area contributed by atoms with Gasteiger partial charge in [-0.1, -0.05) is 63.2 Å². The van der Waals surface area contributed by atoms with Gasteiger partial charge in [0.05, 0.1) is 0 Å². The van der Waals surface area contributed by atoms with Gasteiger partial charge in [0, 0.05) is 5.02 Å². The minimum atomic E-state index is 0. The molecule has 0 spiro atoms. The Morgan fingerprint density at radius 1 is 1.39 bits per heavy atom. The minimum absolute atomic E-state index is 0. The van der Waals surface area contributed by atoms with Crippen LogP contribution in [0.3, 0.4) is 0 Å². The van der Waals surface area contributed by atoms with E-state index in [9.17, 15) is 0 Å². The van der Waals surface area contributed by atoms with Gasteiger partial charge in [-0.2, -0.15) is 11.6 Å². The summed E-state index contributed by atoms with van der Waals surface area (Å²) < 4.78 is 0.310. The van der Waals surface area contributed by atoms with E-state index >= 15 is 0 Å². The third-order valence-corrected chi connectivity index (χ3v) is 2.56. The molecule has 0 N–H and O–H groups in total. The van der Waals surface area contributed by atoms with Crippen LogP contribution in [0.15, 0.2) is 39.8 Å². The molecule has 0 bridgehead atoms. The maximum absolute atomic E-state index is 8.68. The van der Waals surface area contributed by atoms with Crippen LogP contribution < -0.4 is 0 Å². The molecule has 0 fully saturated rings. The van der Waals surface area contributed by atoms with Gasteiger partial charge in [-0.05, 0) is 6.07 Å². The first-order valence-electron chi connectivity index (χ1n) is 4.47. The Labute approximate surface area is 150 Å². The molecule has 88 valence electrons. The van der Waals surface area contributed by atoms with Gasteiger partial charge < -0.3 is 10.4 Å². The largest absolute Gasteiger partial charge is 3.00 e. The topological polar surface area (TPSA) is 34.7 Å². The third-order valence-electron chi connectivity index (χ3n) is 1.74. The molecule has 0 aliphatic heterocycles. The minimum Gasteiger partial charge on any atom is -0.877 e. The van der Waals surface area contributed by atoms with Crippen LogP contribution in [-0.4, -0.2) is 11.9 Å². The molecule has 2 nitrogen and oxygen atoms in total. The van der Waals surface area contributed by atoms with Crippen molar-refractivity contribution in [2.75, 3.05) is 0 Å². The van der Waals surface area contributed by atoms with Crippen molar-refractivity contribution < 1.29 is 32.7 Å². The van der Waals surface area contributed by atoms with Crippen LogP contribution in [0.4, 0.5) is 0 Å². The van der Waals surface area contributed by atoms with Gasteiger partial charge in [0.15, 0.2) is 0 Å². The zero-order valence-corrected chi connectivity index (χ0v) is 15.0. The number of hydrogen-bond donors (Lipinski definition) is 0. The average Bonchev–Trinajstić information content (AvgIpc) is 2.35. The standard InChI is InChI=1S/C12H6BrCl2N2.Y/c13-9(7-16)8-17-12(5-6-14)10-3-1-2-4-11(10)15;/h1-5,7H;/q-3;+3. The van der Waals surface area contributed by atoms with E-state index in [4.69, 9.17) is 28.6 Å². The summed E-state index contributed by atoms with van der Waals surface area (Å²) in [6.45, 7) is 0. The Morgan fingerprint density at radius 3 is 2.61 bits per heavy atom. The van der Waals surface area contributed by atoms with Gasteiger partial charge in [-0.3, -0.25) is 6.21 Å². The van der Waals surface area contributed by atoms with Gasteiger partial charge >= 0.3 is 32.7 Å². The number of allylic oxidation sites excluding steroid dienone is 2. The monoisotopic (exact) mass is 416 g/mol. The van der Waals surface area contributed by atoms with E-state index in [0.717, 1.165) is 6.21 Å².